The zero-order chi connectivity index (χ0) is 18.7. The molecule has 0 bridgehead atoms. The minimum absolute atomic E-state index is 0.0872. The minimum Gasteiger partial charge on any atom is -0.336 e. The predicted molar refractivity (Wildman–Crippen MR) is 95.3 cm³/mol. The molecule has 1 aromatic carbocycles. The van der Waals surface area contributed by atoms with Crippen molar-refractivity contribution in [2.75, 3.05) is 38.0 Å². The normalized spacial score (nSPS) is 15.1. The summed E-state index contributed by atoms with van der Waals surface area (Å²) in [5.41, 5.74) is 1.05. The summed E-state index contributed by atoms with van der Waals surface area (Å²) in [5.74, 6) is -0.429. The van der Waals surface area contributed by atoms with Crippen molar-refractivity contribution in [1.29, 1.82) is 0 Å². The Bertz CT molecular complexity index is 792. The summed E-state index contributed by atoms with van der Waals surface area (Å²) in [7, 11) is 1.82. The van der Waals surface area contributed by atoms with Crippen molar-refractivity contribution in [3.63, 3.8) is 0 Å². The fourth-order valence-corrected chi connectivity index (χ4v) is 2.92. The van der Waals surface area contributed by atoms with Gasteiger partial charge in [-0.15, -0.1) is 0 Å². The smallest absolute Gasteiger partial charge is 0.256 e. The van der Waals surface area contributed by atoms with Crippen molar-refractivity contribution < 1.29 is 14.0 Å². The van der Waals surface area contributed by atoms with E-state index in [-0.39, 0.29) is 23.9 Å². The number of piperazine rings is 1. The molecular formula is C18H22FN5O2. The van der Waals surface area contributed by atoms with Gasteiger partial charge in [-0.2, -0.15) is 5.10 Å². The van der Waals surface area contributed by atoms with Gasteiger partial charge in [0.2, 0.25) is 5.91 Å². The van der Waals surface area contributed by atoms with Gasteiger partial charge in [0.1, 0.15) is 5.82 Å². The molecule has 0 atom stereocenters. The molecule has 0 spiro atoms. The van der Waals surface area contributed by atoms with E-state index in [4.69, 9.17) is 0 Å². The minimum atomic E-state index is -0.509. The van der Waals surface area contributed by atoms with E-state index in [2.05, 4.69) is 10.4 Å². The molecule has 2 aromatic rings. The standard InChI is InChI=1S/C18H22FN5O2/c1-13-11-16(21-22(13)2)20-17(25)12-23-7-9-24(10-8-23)18(26)14-5-3-4-6-15(14)19/h3-6,11H,7-10,12H2,1-2H3,(H,20,21,25). The third-order valence-electron chi connectivity index (χ3n) is 4.51. The first kappa shape index (κ1) is 18.1. The second kappa shape index (κ2) is 7.65. The Morgan fingerprint density at radius 1 is 1.19 bits per heavy atom. The number of halogens is 1. The maximum atomic E-state index is 13.8. The summed E-state index contributed by atoms with van der Waals surface area (Å²) in [6.07, 6.45) is 0. The molecule has 1 aliphatic heterocycles. The number of hydrogen-bond donors (Lipinski definition) is 1. The molecular weight excluding hydrogens is 337 g/mol. The molecule has 7 nitrogen and oxygen atoms in total. The summed E-state index contributed by atoms with van der Waals surface area (Å²) in [5, 5.41) is 6.97. The van der Waals surface area contributed by atoms with Crippen LogP contribution in [0.5, 0.6) is 0 Å². The lowest BCUT2D eigenvalue weighted by Gasteiger charge is -2.34. The van der Waals surface area contributed by atoms with E-state index in [9.17, 15) is 14.0 Å². The molecule has 2 amide bonds. The topological polar surface area (TPSA) is 70.5 Å². The largest absolute Gasteiger partial charge is 0.336 e. The van der Waals surface area contributed by atoms with E-state index >= 15 is 0 Å². The third-order valence-corrected chi connectivity index (χ3v) is 4.51. The molecule has 1 fully saturated rings. The van der Waals surface area contributed by atoms with Crippen LogP contribution in [-0.2, 0) is 11.8 Å². The number of hydrogen-bond acceptors (Lipinski definition) is 4. The van der Waals surface area contributed by atoms with E-state index in [1.54, 1.807) is 21.7 Å². The van der Waals surface area contributed by atoms with E-state index < -0.39 is 5.82 Å². The molecule has 0 unspecified atom stereocenters. The Morgan fingerprint density at radius 2 is 1.88 bits per heavy atom. The van der Waals surface area contributed by atoms with Crippen LogP contribution in [0.25, 0.3) is 0 Å². The molecule has 1 N–H and O–H groups in total. The number of carbonyl (C=O) groups is 2. The van der Waals surface area contributed by atoms with Crippen molar-refractivity contribution in [3.05, 3.63) is 47.4 Å². The highest BCUT2D eigenvalue weighted by Crippen LogP contribution is 2.12. The van der Waals surface area contributed by atoms with Gasteiger partial charge in [-0.3, -0.25) is 19.2 Å². The fraction of sp³-hybridized carbons (Fsp3) is 0.389. The molecule has 0 aliphatic carbocycles. The van der Waals surface area contributed by atoms with Crippen molar-refractivity contribution in [2.45, 2.75) is 6.92 Å². The van der Waals surface area contributed by atoms with Crippen LogP contribution >= 0.6 is 0 Å². The van der Waals surface area contributed by atoms with Crippen LogP contribution in [0.1, 0.15) is 16.1 Å². The van der Waals surface area contributed by atoms with Gasteiger partial charge < -0.3 is 10.2 Å². The van der Waals surface area contributed by atoms with Gasteiger partial charge in [0.25, 0.3) is 5.91 Å². The first-order valence-corrected chi connectivity index (χ1v) is 8.50. The van der Waals surface area contributed by atoms with Gasteiger partial charge in [0.05, 0.1) is 12.1 Å². The van der Waals surface area contributed by atoms with Crippen LogP contribution in [0.4, 0.5) is 10.2 Å². The number of carbonyl (C=O) groups excluding carboxylic acids is 2. The number of aryl methyl sites for hydroxylation is 2. The molecule has 3 rings (SSSR count). The zero-order valence-electron chi connectivity index (χ0n) is 14.9. The number of aromatic nitrogens is 2. The Kier molecular flexibility index (Phi) is 5.32. The van der Waals surface area contributed by atoms with E-state index in [1.165, 1.54) is 12.1 Å². The molecule has 1 aromatic heterocycles. The molecule has 0 saturated carbocycles. The molecule has 1 aliphatic rings. The van der Waals surface area contributed by atoms with Crippen molar-refractivity contribution in [3.8, 4) is 0 Å². The average Bonchev–Trinajstić information content (AvgIpc) is 2.92. The highest BCUT2D eigenvalue weighted by Gasteiger charge is 2.24. The predicted octanol–water partition coefficient (Wildman–Crippen LogP) is 1.26. The molecule has 2 heterocycles. The molecule has 8 heteroatoms. The number of nitrogens with zero attached hydrogens (tertiary/aromatic N) is 4. The molecule has 1 saturated heterocycles. The first-order chi connectivity index (χ1) is 12.4. The van der Waals surface area contributed by atoms with Gasteiger partial charge in [-0.05, 0) is 19.1 Å². The second-order valence-electron chi connectivity index (χ2n) is 6.39. The van der Waals surface area contributed by atoms with Crippen LogP contribution in [-0.4, -0.2) is 64.1 Å². The highest BCUT2D eigenvalue weighted by atomic mass is 19.1. The summed E-state index contributed by atoms with van der Waals surface area (Å²) < 4.78 is 15.5. The monoisotopic (exact) mass is 359 g/mol. The maximum Gasteiger partial charge on any atom is 0.256 e. The SMILES string of the molecule is Cc1cc(NC(=O)CN2CCN(C(=O)c3ccccc3F)CC2)nn1C. The number of rotatable bonds is 4. The average molecular weight is 359 g/mol. The third kappa shape index (κ3) is 4.08. The van der Waals surface area contributed by atoms with E-state index in [1.807, 2.05) is 24.9 Å². The van der Waals surface area contributed by atoms with Crippen LogP contribution in [0.15, 0.2) is 30.3 Å². The molecule has 0 radical (unpaired) electrons. The van der Waals surface area contributed by atoms with Crippen LogP contribution in [0.2, 0.25) is 0 Å². The quantitative estimate of drug-likeness (QED) is 0.892. The molecule has 138 valence electrons. The Balaban J connectivity index is 1.50. The Labute approximate surface area is 151 Å². The maximum absolute atomic E-state index is 13.8. The van der Waals surface area contributed by atoms with Gasteiger partial charge in [0.15, 0.2) is 5.82 Å². The Hall–Kier alpha value is -2.74. The van der Waals surface area contributed by atoms with E-state index in [0.29, 0.717) is 32.0 Å². The zero-order valence-corrected chi connectivity index (χ0v) is 14.9. The lowest BCUT2D eigenvalue weighted by atomic mass is 10.1. The van der Waals surface area contributed by atoms with Gasteiger partial charge in [0, 0.05) is 45.0 Å². The summed E-state index contributed by atoms with van der Waals surface area (Å²) in [4.78, 5) is 28.1. The summed E-state index contributed by atoms with van der Waals surface area (Å²) in [6.45, 7) is 4.20. The van der Waals surface area contributed by atoms with Gasteiger partial charge in [-0.1, -0.05) is 12.1 Å². The van der Waals surface area contributed by atoms with E-state index in [0.717, 1.165) is 5.69 Å². The van der Waals surface area contributed by atoms with Crippen molar-refractivity contribution >= 4 is 17.6 Å². The fourth-order valence-electron chi connectivity index (χ4n) is 2.92. The number of anilines is 1. The van der Waals surface area contributed by atoms with Gasteiger partial charge >= 0.3 is 0 Å². The number of amides is 2. The lowest BCUT2D eigenvalue weighted by Crippen LogP contribution is -2.50. The molecule has 26 heavy (non-hydrogen) atoms. The van der Waals surface area contributed by atoms with Crippen LogP contribution in [0, 0.1) is 12.7 Å². The second-order valence-corrected chi connectivity index (χ2v) is 6.39. The summed E-state index contributed by atoms with van der Waals surface area (Å²) in [6, 6.07) is 7.80. The highest BCUT2D eigenvalue weighted by molar-refractivity contribution is 5.94. The van der Waals surface area contributed by atoms with Gasteiger partial charge in [-0.25, -0.2) is 4.39 Å². The van der Waals surface area contributed by atoms with Crippen LogP contribution < -0.4 is 5.32 Å². The Morgan fingerprint density at radius 3 is 2.50 bits per heavy atom. The van der Waals surface area contributed by atoms with Crippen molar-refractivity contribution in [1.82, 2.24) is 19.6 Å². The number of nitrogens with one attached hydrogen (secondary N) is 1. The first-order valence-electron chi connectivity index (χ1n) is 8.50. The summed E-state index contributed by atoms with van der Waals surface area (Å²) >= 11 is 0. The number of benzene rings is 1. The van der Waals surface area contributed by atoms with Crippen LogP contribution in [0.3, 0.4) is 0 Å². The van der Waals surface area contributed by atoms with Crippen molar-refractivity contribution in [2.24, 2.45) is 7.05 Å². The lowest BCUT2D eigenvalue weighted by molar-refractivity contribution is -0.117.